The Morgan fingerprint density at radius 3 is 2.65 bits per heavy atom. The van der Waals surface area contributed by atoms with Crippen LogP contribution in [0.3, 0.4) is 0 Å². The number of aromatic nitrogens is 1. The van der Waals surface area contributed by atoms with E-state index in [4.69, 9.17) is 0 Å². The van der Waals surface area contributed by atoms with Gasteiger partial charge in [-0.05, 0) is 60.8 Å². The minimum Gasteiger partial charge on any atom is -0.314 e. The normalized spacial score (nSPS) is 14.6. The van der Waals surface area contributed by atoms with Gasteiger partial charge in [-0.2, -0.15) is 0 Å². The zero-order valence-corrected chi connectivity index (χ0v) is 12.8. The molecule has 2 unspecified atom stereocenters. The minimum absolute atomic E-state index is 0.479. The molecule has 0 saturated carbocycles. The van der Waals surface area contributed by atoms with Crippen molar-refractivity contribution < 1.29 is 0 Å². The second-order valence-corrected chi connectivity index (χ2v) is 5.53. The summed E-state index contributed by atoms with van der Waals surface area (Å²) >= 11 is 3.47. The summed E-state index contributed by atoms with van der Waals surface area (Å²) in [5.41, 5.74) is 2.50. The highest BCUT2D eigenvalue weighted by Gasteiger charge is 2.19. The van der Waals surface area contributed by atoms with Crippen LogP contribution in [-0.2, 0) is 0 Å². The average Bonchev–Trinajstić information content (AvgIpc) is 2.30. The van der Waals surface area contributed by atoms with E-state index in [1.165, 1.54) is 17.7 Å². The molecule has 96 valence electrons. The van der Waals surface area contributed by atoms with Crippen LogP contribution in [0.4, 0.5) is 0 Å². The van der Waals surface area contributed by atoms with Gasteiger partial charge in [-0.15, -0.1) is 0 Å². The molecule has 17 heavy (non-hydrogen) atoms. The molecule has 0 aromatic carbocycles. The van der Waals surface area contributed by atoms with E-state index in [2.05, 4.69) is 60.0 Å². The predicted molar refractivity (Wildman–Crippen MR) is 77.5 cm³/mol. The number of nitrogens with zero attached hydrogens (tertiary/aromatic N) is 1. The molecule has 0 spiro atoms. The molecule has 1 aromatic heterocycles. The number of rotatable bonds is 6. The number of pyridine rings is 1. The van der Waals surface area contributed by atoms with E-state index in [9.17, 15) is 0 Å². The van der Waals surface area contributed by atoms with Crippen molar-refractivity contribution in [2.45, 2.75) is 52.5 Å². The summed E-state index contributed by atoms with van der Waals surface area (Å²) in [6.07, 6.45) is 4.19. The largest absolute Gasteiger partial charge is 0.314 e. The molecule has 0 saturated heterocycles. The highest BCUT2D eigenvalue weighted by atomic mass is 79.9. The summed E-state index contributed by atoms with van der Waals surface area (Å²) in [5.74, 6) is 0.495. The maximum absolute atomic E-state index is 4.59. The number of hydrogen-bond acceptors (Lipinski definition) is 2. The second kappa shape index (κ2) is 7.12. The molecule has 0 radical (unpaired) electrons. The fourth-order valence-corrected chi connectivity index (χ4v) is 2.68. The zero-order chi connectivity index (χ0) is 12.8. The molecule has 1 rings (SSSR count). The van der Waals surface area contributed by atoms with E-state index in [0.29, 0.717) is 12.0 Å². The predicted octanol–water partition coefficient (Wildman–Crippen LogP) is 4.03. The first-order valence-electron chi connectivity index (χ1n) is 6.45. The maximum atomic E-state index is 4.59. The molecule has 3 heteroatoms. The van der Waals surface area contributed by atoms with E-state index in [1.54, 1.807) is 0 Å². The van der Waals surface area contributed by atoms with Crippen LogP contribution in [0, 0.1) is 6.92 Å². The van der Waals surface area contributed by atoms with Crippen LogP contribution in [0.1, 0.15) is 50.8 Å². The number of hydrogen-bond donors (Lipinski definition) is 1. The van der Waals surface area contributed by atoms with E-state index >= 15 is 0 Å². The Balaban J connectivity index is 2.85. The summed E-state index contributed by atoms with van der Waals surface area (Å²) in [5, 5.41) is 3.57. The summed E-state index contributed by atoms with van der Waals surface area (Å²) < 4.78 is 1.06. The second-order valence-electron chi connectivity index (χ2n) is 4.61. The lowest BCUT2D eigenvalue weighted by Gasteiger charge is -2.24. The molecule has 0 aliphatic rings. The molecule has 0 bridgehead atoms. The molecule has 0 amide bonds. The zero-order valence-electron chi connectivity index (χ0n) is 11.3. The van der Waals surface area contributed by atoms with Gasteiger partial charge in [0, 0.05) is 28.3 Å². The highest BCUT2D eigenvalue weighted by Crippen LogP contribution is 2.26. The number of nitrogens with one attached hydrogen (secondary N) is 1. The Labute approximate surface area is 113 Å². The Morgan fingerprint density at radius 2 is 2.12 bits per heavy atom. The lowest BCUT2D eigenvalue weighted by atomic mass is 9.91. The summed E-state index contributed by atoms with van der Waals surface area (Å²) in [6, 6.07) is 2.63. The van der Waals surface area contributed by atoms with Gasteiger partial charge < -0.3 is 5.32 Å². The smallest absolute Gasteiger partial charge is 0.0479 e. The van der Waals surface area contributed by atoms with Crippen molar-refractivity contribution in [3.63, 3.8) is 0 Å². The fourth-order valence-electron chi connectivity index (χ4n) is 2.24. The Kier molecular flexibility index (Phi) is 6.14. The van der Waals surface area contributed by atoms with E-state index < -0.39 is 0 Å². The quantitative estimate of drug-likeness (QED) is 0.857. The molecule has 1 aromatic rings. The average molecular weight is 299 g/mol. The van der Waals surface area contributed by atoms with Crippen LogP contribution < -0.4 is 5.32 Å². The molecule has 2 nitrogen and oxygen atoms in total. The van der Waals surface area contributed by atoms with Crippen molar-refractivity contribution in [3.05, 3.63) is 28.0 Å². The van der Waals surface area contributed by atoms with Crippen molar-refractivity contribution in [1.29, 1.82) is 0 Å². The minimum atomic E-state index is 0.479. The van der Waals surface area contributed by atoms with E-state index in [0.717, 1.165) is 17.4 Å². The third-order valence-corrected chi connectivity index (χ3v) is 3.63. The van der Waals surface area contributed by atoms with Gasteiger partial charge in [-0.1, -0.05) is 13.8 Å². The fraction of sp³-hybridized carbons (Fsp3) is 0.643. The van der Waals surface area contributed by atoms with Crippen LogP contribution in [0.25, 0.3) is 0 Å². The first-order chi connectivity index (χ1) is 8.10. The summed E-state index contributed by atoms with van der Waals surface area (Å²) in [7, 11) is 0. The third kappa shape index (κ3) is 4.07. The van der Waals surface area contributed by atoms with Crippen molar-refractivity contribution in [1.82, 2.24) is 10.3 Å². The Bertz CT molecular complexity index is 352. The first kappa shape index (κ1) is 14.7. The molecular weight excluding hydrogens is 276 g/mol. The van der Waals surface area contributed by atoms with E-state index in [-0.39, 0.29) is 0 Å². The Hall–Kier alpha value is -0.410. The summed E-state index contributed by atoms with van der Waals surface area (Å²) in [6.45, 7) is 9.91. The van der Waals surface area contributed by atoms with Gasteiger partial charge in [0.1, 0.15) is 0 Å². The number of aryl methyl sites for hydroxylation is 1. The van der Waals surface area contributed by atoms with Crippen LogP contribution in [-0.4, -0.2) is 17.6 Å². The molecule has 1 N–H and O–H groups in total. The van der Waals surface area contributed by atoms with Gasteiger partial charge in [-0.3, -0.25) is 4.98 Å². The van der Waals surface area contributed by atoms with Crippen LogP contribution in [0.15, 0.2) is 16.7 Å². The molecule has 0 fully saturated rings. The lowest BCUT2D eigenvalue weighted by Crippen LogP contribution is -2.33. The molecule has 0 aliphatic carbocycles. The van der Waals surface area contributed by atoms with Gasteiger partial charge in [0.2, 0.25) is 0 Å². The third-order valence-electron chi connectivity index (χ3n) is 3.20. The SMILES string of the molecule is CCCNC(C)C(CC)c1ncc(Br)cc1C. The van der Waals surface area contributed by atoms with Crippen LogP contribution >= 0.6 is 15.9 Å². The maximum Gasteiger partial charge on any atom is 0.0479 e. The van der Waals surface area contributed by atoms with E-state index in [1.807, 2.05) is 6.20 Å². The van der Waals surface area contributed by atoms with Crippen molar-refractivity contribution in [2.75, 3.05) is 6.54 Å². The van der Waals surface area contributed by atoms with Gasteiger partial charge >= 0.3 is 0 Å². The highest BCUT2D eigenvalue weighted by molar-refractivity contribution is 9.10. The summed E-state index contributed by atoms with van der Waals surface area (Å²) in [4.78, 5) is 4.59. The standard InChI is InChI=1S/C14H23BrN2/c1-5-7-16-11(4)13(6-2)14-10(3)8-12(15)9-17-14/h8-9,11,13,16H,5-7H2,1-4H3. The van der Waals surface area contributed by atoms with Crippen LogP contribution in [0.2, 0.25) is 0 Å². The monoisotopic (exact) mass is 298 g/mol. The molecule has 0 aliphatic heterocycles. The van der Waals surface area contributed by atoms with Crippen LogP contribution in [0.5, 0.6) is 0 Å². The van der Waals surface area contributed by atoms with Crippen molar-refractivity contribution >= 4 is 15.9 Å². The van der Waals surface area contributed by atoms with Crippen molar-refractivity contribution in [2.24, 2.45) is 0 Å². The van der Waals surface area contributed by atoms with Gasteiger partial charge in [0.15, 0.2) is 0 Å². The Morgan fingerprint density at radius 1 is 1.41 bits per heavy atom. The topological polar surface area (TPSA) is 24.9 Å². The molecule has 1 heterocycles. The number of halogens is 1. The lowest BCUT2D eigenvalue weighted by molar-refractivity contribution is 0.441. The van der Waals surface area contributed by atoms with Gasteiger partial charge in [0.05, 0.1) is 0 Å². The molecule has 2 atom stereocenters. The van der Waals surface area contributed by atoms with Gasteiger partial charge in [-0.25, -0.2) is 0 Å². The first-order valence-corrected chi connectivity index (χ1v) is 7.24. The van der Waals surface area contributed by atoms with Crippen molar-refractivity contribution in [3.8, 4) is 0 Å². The van der Waals surface area contributed by atoms with Gasteiger partial charge in [0.25, 0.3) is 0 Å². The molecular formula is C14H23BrN2.